The van der Waals surface area contributed by atoms with Crippen molar-refractivity contribution in [3.8, 4) is 0 Å². The lowest BCUT2D eigenvalue weighted by molar-refractivity contribution is 0.114. The first kappa shape index (κ1) is 12.3. The van der Waals surface area contributed by atoms with Gasteiger partial charge in [-0.15, -0.1) is 0 Å². The second-order valence-corrected chi connectivity index (χ2v) is 5.39. The summed E-state index contributed by atoms with van der Waals surface area (Å²) < 4.78 is 5.40. The molecule has 0 aromatic rings. The Morgan fingerprint density at radius 1 is 1.31 bits per heavy atom. The van der Waals surface area contributed by atoms with E-state index in [0.717, 1.165) is 12.6 Å². The lowest BCUT2D eigenvalue weighted by Crippen LogP contribution is -2.42. The number of methoxy groups -OCH3 is 1. The van der Waals surface area contributed by atoms with Gasteiger partial charge in [0.25, 0.3) is 0 Å². The second kappa shape index (κ2) is 5.99. The fourth-order valence-electron chi connectivity index (χ4n) is 2.99. The molecular weight excluding hydrogens is 200 g/mol. The highest BCUT2D eigenvalue weighted by molar-refractivity contribution is 4.86. The van der Waals surface area contributed by atoms with Gasteiger partial charge in [-0.2, -0.15) is 0 Å². The number of nitrogens with one attached hydrogen (secondary N) is 1. The third-order valence-corrected chi connectivity index (χ3v) is 4.16. The van der Waals surface area contributed by atoms with Crippen LogP contribution >= 0.6 is 0 Å². The van der Waals surface area contributed by atoms with E-state index in [1.54, 1.807) is 0 Å². The summed E-state index contributed by atoms with van der Waals surface area (Å²) in [5.41, 5.74) is 0. The smallest absolute Gasteiger partial charge is 0.0711 e. The summed E-state index contributed by atoms with van der Waals surface area (Å²) >= 11 is 0. The number of nitrogens with zero attached hydrogens (tertiary/aromatic N) is 1. The molecule has 0 aromatic carbocycles. The van der Waals surface area contributed by atoms with Crippen LogP contribution < -0.4 is 5.32 Å². The minimum absolute atomic E-state index is 0.437. The van der Waals surface area contributed by atoms with Crippen LogP contribution in [0.5, 0.6) is 0 Å². The molecule has 0 saturated carbocycles. The third-order valence-electron chi connectivity index (χ3n) is 4.16. The molecule has 3 heteroatoms. The molecule has 2 aliphatic rings. The molecule has 1 N–H and O–H groups in total. The summed E-state index contributed by atoms with van der Waals surface area (Å²) in [6.07, 6.45) is 7.20. The van der Waals surface area contributed by atoms with E-state index >= 15 is 0 Å². The molecule has 0 bridgehead atoms. The van der Waals surface area contributed by atoms with Crippen LogP contribution in [0.2, 0.25) is 0 Å². The predicted octanol–water partition coefficient (Wildman–Crippen LogP) is 1.63. The summed E-state index contributed by atoms with van der Waals surface area (Å²) in [5.74, 6) is 0. The van der Waals surface area contributed by atoms with Gasteiger partial charge in [-0.1, -0.05) is 12.8 Å². The van der Waals surface area contributed by atoms with E-state index < -0.39 is 0 Å². The molecular formula is C13H26N2O. The van der Waals surface area contributed by atoms with Gasteiger partial charge in [0, 0.05) is 32.3 Å². The Morgan fingerprint density at radius 2 is 2.19 bits per heavy atom. The highest BCUT2D eigenvalue weighted by atomic mass is 16.5. The van der Waals surface area contributed by atoms with Gasteiger partial charge in [0.15, 0.2) is 0 Å². The molecule has 2 heterocycles. The minimum Gasteiger partial charge on any atom is -0.380 e. The molecule has 2 rings (SSSR count). The minimum atomic E-state index is 0.437. The highest BCUT2D eigenvalue weighted by Crippen LogP contribution is 2.18. The molecule has 0 spiro atoms. The first-order chi connectivity index (χ1) is 7.79. The van der Waals surface area contributed by atoms with Gasteiger partial charge in [0.2, 0.25) is 0 Å². The first-order valence-electron chi connectivity index (χ1n) is 6.80. The standard InChI is InChI=1S/C13H26N2O/c1-11-6-4-3-5-7-15(11)10-12-8-13(16-2)9-14-12/h11-14H,3-10H2,1-2H3. The van der Waals surface area contributed by atoms with Crippen molar-refractivity contribution in [2.24, 2.45) is 0 Å². The van der Waals surface area contributed by atoms with E-state index in [1.807, 2.05) is 7.11 Å². The normalized spacial score (nSPS) is 37.5. The monoisotopic (exact) mass is 226 g/mol. The topological polar surface area (TPSA) is 24.5 Å². The lowest BCUT2D eigenvalue weighted by atomic mass is 10.1. The van der Waals surface area contributed by atoms with E-state index in [9.17, 15) is 0 Å². The van der Waals surface area contributed by atoms with Crippen molar-refractivity contribution in [3.05, 3.63) is 0 Å². The van der Waals surface area contributed by atoms with E-state index in [2.05, 4.69) is 17.1 Å². The zero-order valence-electron chi connectivity index (χ0n) is 10.7. The Kier molecular flexibility index (Phi) is 4.62. The Morgan fingerprint density at radius 3 is 2.94 bits per heavy atom. The molecule has 16 heavy (non-hydrogen) atoms. The molecule has 0 aliphatic carbocycles. The molecule has 0 aromatic heterocycles. The Labute approximate surface area is 99.5 Å². The molecule has 2 saturated heterocycles. The van der Waals surface area contributed by atoms with Gasteiger partial charge >= 0.3 is 0 Å². The number of hydrogen-bond acceptors (Lipinski definition) is 3. The first-order valence-corrected chi connectivity index (χ1v) is 6.80. The largest absolute Gasteiger partial charge is 0.380 e. The summed E-state index contributed by atoms with van der Waals surface area (Å²) in [6.45, 7) is 5.91. The van der Waals surface area contributed by atoms with Crippen molar-refractivity contribution in [2.45, 2.75) is 57.2 Å². The summed E-state index contributed by atoms with van der Waals surface area (Å²) in [6, 6.07) is 1.41. The van der Waals surface area contributed by atoms with Gasteiger partial charge in [0.1, 0.15) is 0 Å². The van der Waals surface area contributed by atoms with Crippen molar-refractivity contribution in [1.82, 2.24) is 10.2 Å². The van der Waals surface area contributed by atoms with Gasteiger partial charge in [0.05, 0.1) is 6.10 Å². The van der Waals surface area contributed by atoms with Crippen LogP contribution in [0.1, 0.15) is 39.0 Å². The van der Waals surface area contributed by atoms with Crippen molar-refractivity contribution in [3.63, 3.8) is 0 Å². The van der Waals surface area contributed by atoms with Gasteiger partial charge < -0.3 is 10.1 Å². The van der Waals surface area contributed by atoms with Crippen molar-refractivity contribution in [1.29, 1.82) is 0 Å². The number of hydrogen-bond donors (Lipinski definition) is 1. The molecule has 2 fully saturated rings. The van der Waals surface area contributed by atoms with Gasteiger partial charge in [-0.25, -0.2) is 0 Å². The zero-order valence-corrected chi connectivity index (χ0v) is 10.7. The average molecular weight is 226 g/mol. The van der Waals surface area contributed by atoms with Crippen LogP contribution in [0.25, 0.3) is 0 Å². The lowest BCUT2D eigenvalue weighted by Gasteiger charge is -2.29. The van der Waals surface area contributed by atoms with Crippen LogP contribution in [0.4, 0.5) is 0 Å². The quantitative estimate of drug-likeness (QED) is 0.791. The van der Waals surface area contributed by atoms with Crippen molar-refractivity contribution < 1.29 is 4.74 Å². The summed E-state index contributed by atoms with van der Waals surface area (Å²) in [5, 5.41) is 3.58. The predicted molar refractivity (Wildman–Crippen MR) is 66.7 cm³/mol. The molecule has 0 radical (unpaired) electrons. The Bertz CT molecular complexity index is 210. The van der Waals surface area contributed by atoms with Crippen LogP contribution in [-0.4, -0.2) is 49.8 Å². The van der Waals surface area contributed by atoms with Crippen molar-refractivity contribution >= 4 is 0 Å². The Balaban J connectivity index is 1.79. The van der Waals surface area contributed by atoms with Crippen LogP contribution in [0.3, 0.4) is 0 Å². The van der Waals surface area contributed by atoms with Crippen molar-refractivity contribution in [2.75, 3.05) is 26.7 Å². The second-order valence-electron chi connectivity index (χ2n) is 5.39. The third kappa shape index (κ3) is 3.19. The molecule has 3 nitrogen and oxygen atoms in total. The van der Waals surface area contributed by atoms with E-state index in [4.69, 9.17) is 4.74 Å². The van der Waals surface area contributed by atoms with Crippen LogP contribution in [0.15, 0.2) is 0 Å². The molecule has 94 valence electrons. The molecule has 2 aliphatic heterocycles. The number of ether oxygens (including phenoxy) is 1. The number of rotatable bonds is 3. The summed E-state index contributed by atoms with van der Waals surface area (Å²) in [7, 11) is 1.82. The van der Waals surface area contributed by atoms with Gasteiger partial charge in [-0.3, -0.25) is 4.90 Å². The summed E-state index contributed by atoms with van der Waals surface area (Å²) in [4.78, 5) is 2.67. The van der Waals surface area contributed by atoms with E-state index in [-0.39, 0.29) is 0 Å². The maximum absolute atomic E-state index is 5.40. The highest BCUT2D eigenvalue weighted by Gasteiger charge is 2.27. The average Bonchev–Trinajstić information content (AvgIpc) is 2.65. The maximum atomic E-state index is 5.40. The van der Waals surface area contributed by atoms with E-state index in [0.29, 0.717) is 12.1 Å². The maximum Gasteiger partial charge on any atom is 0.0711 e. The molecule has 3 atom stereocenters. The fraction of sp³-hybridized carbons (Fsp3) is 1.00. The molecule has 3 unspecified atom stereocenters. The zero-order chi connectivity index (χ0) is 11.4. The SMILES string of the molecule is COC1CNC(CN2CCCCCC2C)C1. The van der Waals surface area contributed by atoms with Crippen LogP contribution in [0, 0.1) is 0 Å². The van der Waals surface area contributed by atoms with E-state index in [1.165, 1.54) is 45.2 Å². The number of likely N-dealkylation sites (tertiary alicyclic amines) is 1. The van der Waals surface area contributed by atoms with Gasteiger partial charge in [-0.05, 0) is 32.7 Å². The van der Waals surface area contributed by atoms with Crippen LogP contribution in [-0.2, 0) is 4.74 Å². The molecule has 0 amide bonds. The Hall–Kier alpha value is -0.120. The fourth-order valence-corrected chi connectivity index (χ4v) is 2.99.